The van der Waals surface area contributed by atoms with Crippen LogP contribution in [0.5, 0.6) is 0 Å². The number of hydrogen-bond acceptors (Lipinski definition) is 7. The highest BCUT2D eigenvalue weighted by Crippen LogP contribution is 2.27. The summed E-state index contributed by atoms with van der Waals surface area (Å²) < 4.78 is 5.82. The molecule has 2 aliphatic heterocycles. The van der Waals surface area contributed by atoms with Crippen LogP contribution >= 0.6 is 22.9 Å². The van der Waals surface area contributed by atoms with Crippen molar-refractivity contribution < 1.29 is 14.3 Å². The van der Waals surface area contributed by atoms with E-state index < -0.39 is 5.92 Å². The minimum atomic E-state index is -0.431. The third kappa shape index (κ3) is 7.63. The van der Waals surface area contributed by atoms with Gasteiger partial charge in [-0.2, -0.15) is 0 Å². The number of benzene rings is 2. The maximum atomic E-state index is 12.9. The number of anilines is 2. The fraction of sp³-hybridized carbons (Fsp3) is 0.448. The van der Waals surface area contributed by atoms with Gasteiger partial charge in [0.2, 0.25) is 16.9 Å². The van der Waals surface area contributed by atoms with Gasteiger partial charge in [0.1, 0.15) is 5.01 Å². The van der Waals surface area contributed by atoms with Gasteiger partial charge in [0, 0.05) is 49.7 Å². The Balaban J connectivity index is 0.00000353. The quantitative estimate of drug-likeness (QED) is 0.400. The summed E-state index contributed by atoms with van der Waals surface area (Å²) in [4.78, 5) is 29.8. The third-order valence-electron chi connectivity index (χ3n) is 6.88. The van der Waals surface area contributed by atoms with Crippen molar-refractivity contribution in [1.29, 1.82) is 0 Å². The summed E-state index contributed by atoms with van der Waals surface area (Å²) in [5, 5.41) is 13.2. The second-order valence-corrected chi connectivity index (χ2v) is 11.6. The molecule has 3 aromatic rings. The lowest BCUT2D eigenvalue weighted by Gasteiger charge is -2.35. The highest BCUT2D eigenvalue weighted by atomic mass is 35.5. The fourth-order valence-corrected chi connectivity index (χ4v) is 5.97. The molecule has 2 amide bonds. The lowest BCUT2D eigenvalue weighted by atomic mass is 10.1. The van der Waals surface area contributed by atoms with Crippen molar-refractivity contribution >= 4 is 45.6 Å². The number of aryl methyl sites for hydroxylation is 2. The first-order valence-electron chi connectivity index (χ1n) is 13.0. The van der Waals surface area contributed by atoms with Crippen molar-refractivity contribution in [1.82, 2.24) is 15.1 Å². The molecule has 8 nitrogen and oxygen atoms in total. The summed E-state index contributed by atoms with van der Waals surface area (Å²) in [5.74, 6) is -0.678. The molecular formula is C29H36ClN5O3S. The number of ether oxygens (including phenoxy) is 1. The molecule has 5 rings (SSSR count). The lowest BCUT2D eigenvalue weighted by Crippen LogP contribution is -2.44. The van der Waals surface area contributed by atoms with E-state index in [1.54, 1.807) is 4.90 Å². The zero-order valence-electron chi connectivity index (χ0n) is 21.6. The van der Waals surface area contributed by atoms with E-state index in [1.807, 2.05) is 36.4 Å². The number of nitrogens with zero attached hydrogens (tertiary/aromatic N) is 4. The highest BCUT2D eigenvalue weighted by molar-refractivity contribution is 7.15. The Hall–Kier alpha value is -2.85. The van der Waals surface area contributed by atoms with Crippen LogP contribution in [0.3, 0.4) is 0 Å². The van der Waals surface area contributed by atoms with E-state index in [0.717, 1.165) is 48.7 Å². The van der Waals surface area contributed by atoms with Gasteiger partial charge < -0.3 is 15.0 Å². The number of nitrogens with one attached hydrogen (secondary N) is 1. The molecule has 1 N–H and O–H groups in total. The SMILES string of the molecule is C.C[C@H]1CN(Cc2ccc(N3CC(C(=O)Nc4nnc(CCc5ccc(Cl)cc5)s4)CC3=O)cc2)C[C@H](C)O1. The first kappa shape index (κ1) is 29.1. The van der Waals surface area contributed by atoms with E-state index in [2.05, 4.69) is 46.4 Å². The Morgan fingerprint density at radius 2 is 1.67 bits per heavy atom. The average Bonchev–Trinajstić information content (AvgIpc) is 3.50. The van der Waals surface area contributed by atoms with E-state index in [9.17, 15) is 9.59 Å². The van der Waals surface area contributed by atoms with Crippen LogP contribution in [-0.4, -0.2) is 58.8 Å². The smallest absolute Gasteiger partial charge is 0.231 e. The van der Waals surface area contributed by atoms with Crippen molar-refractivity contribution in [3.05, 3.63) is 69.7 Å². The summed E-state index contributed by atoms with van der Waals surface area (Å²) >= 11 is 7.31. The van der Waals surface area contributed by atoms with Gasteiger partial charge in [-0.3, -0.25) is 14.5 Å². The Bertz CT molecular complexity index is 1260. The number of hydrogen-bond donors (Lipinski definition) is 1. The minimum absolute atomic E-state index is 0. The van der Waals surface area contributed by atoms with Gasteiger partial charge >= 0.3 is 0 Å². The Morgan fingerprint density at radius 1 is 1.00 bits per heavy atom. The third-order valence-corrected chi connectivity index (χ3v) is 8.03. The van der Waals surface area contributed by atoms with E-state index >= 15 is 0 Å². The molecule has 2 fully saturated rings. The molecule has 3 heterocycles. The first-order chi connectivity index (χ1) is 18.3. The molecule has 0 bridgehead atoms. The lowest BCUT2D eigenvalue weighted by molar-refractivity contribution is -0.122. The van der Waals surface area contributed by atoms with Crippen LogP contribution < -0.4 is 10.2 Å². The number of morpholine rings is 1. The van der Waals surface area contributed by atoms with Crippen LogP contribution in [0.15, 0.2) is 48.5 Å². The molecule has 1 aromatic heterocycles. The second-order valence-electron chi connectivity index (χ2n) is 10.1. The van der Waals surface area contributed by atoms with Gasteiger partial charge in [0.15, 0.2) is 0 Å². The fourth-order valence-electron chi connectivity index (χ4n) is 5.10. The van der Waals surface area contributed by atoms with Crippen LogP contribution in [0.1, 0.15) is 43.8 Å². The molecule has 39 heavy (non-hydrogen) atoms. The molecule has 2 aromatic carbocycles. The molecule has 0 spiro atoms. The number of carbonyl (C=O) groups excluding carboxylic acids is 2. The maximum Gasteiger partial charge on any atom is 0.231 e. The van der Waals surface area contributed by atoms with Crippen LogP contribution in [0.2, 0.25) is 5.02 Å². The summed E-state index contributed by atoms with van der Waals surface area (Å²) in [6.07, 6.45) is 2.17. The highest BCUT2D eigenvalue weighted by Gasteiger charge is 2.35. The molecule has 0 saturated carbocycles. The molecular weight excluding hydrogens is 534 g/mol. The molecule has 3 atom stereocenters. The normalized spacial score (nSPS) is 21.6. The number of carbonyl (C=O) groups is 2. The average molecular weight is 570 g/mol. The molecule has 2 aliphatic rings. The molecule has 0 radical (unpaired) electrons. The standard InChI is InChI=1S/C28H32ClN5O3S.CH4/c1-18-14-33(15-19(2)37-18)16-21-5-10-24(11-6-21)34-17-22(13-26(34)35)27(36)30-28-32-31-25(38-28)12-7-20-3-8-23(29)9-4-20;/h3-6,8-11,18-19,22H,7,12-17H2,1-2H3,(H,30,32,36);1H4/t18-,19-,22?;/m0./s1. The van der Waals surface area contributed by atoms with Gasteiger partial charge in [-0.1, -0.05) is 54.6 Å². The topological polar surface area (TPSA) is 87.7 Å². The zero-order chi connectivity index (χ0) is 26.6. The molecule has 0 aliphatic carbocycles. The van der Waals surface area contributed by atoms with Crippen LogP contribution in [-0.2, 0) is 33.7 Å². The van der Waals surface area contributed by atoms with E-state index in [-0.39, 0.29) is 37.9 Å². The number of halogens is 1. The Kier molecular flexibility index (Phi) is 9.71. The van der Waals surface area contributed by atoms with Crippen LogP contribution in [0.4, 0.5) is 10.8 Å². The van der Waals surface area contributed by atoms with Crippen LogP contribution in [0.25, 0.3) is 0 Å². The van der Waals surface area contributed by atoms with Gasteiger partial charge in [-0.25, -0.2) is 0 Å². The van der Waals surface area contributed by atoms with E-state index in [1.165, 1.54) is 16.9 Å². The molecule has 208 valence electrons. The van der Waals surface area contributed by atoms with Gasteiger partial charge in [0.25, 0.3) is 0 Å². The maximum absolute atomic E-state index is 12.9. The largest absolute Gasteiger partial charge is 0.373 e. The van der Waals surface area contributed by atoms with Gasteiger partial charge in [-0.05, 0) is 55.7 Å². The Morgan fingerprint density at radius 3 is 2.36 bits per heavy atom. The van der Waals surface area contributed by atoms with E-state index in [4.69, 9.17) is 16.3 Å². The van der Waals surface area contributed by atoms with Crippen molar-refractivity contribution in [2.24, 2.45) is 5.92 Å². The van der Waals surface area contributed by atoms with Gasteiger partial charge in [0.05, 0.1) is 18.1 Å². The predicted molar refractivity (Wildman–Crippen MR) is 156 cm³/mol. The summed E-state index contributed by atoms with van der Waals surface area (Å²) in [6.45, 7) is 7.22. The monoisotopic (exact) mass is 569 g/mol. The molecule has 2 saturated heterocycles. The number of rotatable bonds is 8. The first-order valence-corrected chi connectivity index (χ1v) is 14.2. The number of aromatic nitrogens is 2. The van der Waals surface area contributed by atoms with Crippen molar-refractivity contribution in [3.63, 3.8) is 0 Å². The molecule has 10 heteroatoms. The second kappa shape index (κ2) is 13.0. The van der Waals surface area contributed by atoms with E-state index in [0.29, 0.717) is 16.7 Å². The van der Waals surface area contributed by atoms with Crippen molar-refractivity contribution in [2.45, 2.75) is 59.3 Å². The van der Waals surface area contributed by atoms with Crippen molar-refractivity contribution in [2.75, 3.05) is 29.9 Å². The van der Waals surface area contributed by atoms with Crippen LogP contribution in [0, 0.1) is 5.92 Å². The molecule has 1 unspecified atom stereocenters. The number of amides is 2. The minimum Gasteiger partial charge on any atom is -0.373 e. The zero-order valence-corrected chi connectivity index (χ0v) is 23.2. The predicted octanol–water partition coefficient (Wildman–Crippen LogP) is 5.21. The summed E-state index contributed by atoms with van der Waals surface area (Å²) in [5.41, 5.74) is 3.18. The Labute approximate surface area is 239 Å². The summed E-state index contributed by atoms with van der Waals surface area (Å²) in [6, 6.07) is 15.8. The van der Waals surface area contributed by atoms with Crippen molar-refractivity contribution in [3.8, 4) is 0 Å². The van der Waals surface area contributed by atoms with Gasteiger partial charge in [-0.15, -0.1) is 10.2 Å². The summed E-state index contributed by atoms with van der Waals surface area (Å²) in [7, 11) is 0.